The van der Waals surface area contributed by atoms with Crippen molar-refractivity contribution in [2.75, 3.05) is 0 Å². The fourth-order valence-electron chi connectivity index (χ4n) is 0.328. The van der Waals surface area contributed by atoms with Crippen LogP contribution in [0, 0.1) is 0 Å². The molecule has 0 rings (SSSR count). The van der Waals surface area contributed by atoms with Crippen LogP contribution < -0.4 is 0 Å². The molecule has 0 saturated carbocycles. The Kier molecular flexibility index (Phi) is 10.4. The maximum atomic E-state index is 9.76. The summed E-state index contributed by atoms with van der Waals surface area (Å²) in [7, 11) is 0. The standard InChI is InChI=1S/C5H10O2.Pb.2H/c1-2-3-4-5(6)7;;;/h2-4H2,1H3,(H,6,7);;;. The normalized spacial score (nSPS) is 7.62. The Hall–Kier alpha value is 0.392. The molecule has 0 fully saturated rings. The van der Waals surface area contributed by atoms with Crippen molar-refractivity contribution in [2.45, 2.75) is 26.2 Å². The molecule has 0 aromatic carbocycles. The minimum absolute atomic E-state index is 0. The first-order valence-electron chi connectivity index (χ1n) is 2.49. The van der Waals surface area contributed by atoms with Crippen LogP contribution >= 0.6 is 0 Å². The second-order valence-electron chi connectivity index (χ2n) is 1.50. The quantitative estimate of drug-likeness (QED) is 0.764. The van der Waals surface area contributed by atoms with E-state index in [4.69, 9.17) is 5.11 Å². The number of hydrogen-bond acceptors (Lipinski definition) is 1. The van der Waals surface area contributed by atoms with E-state index >= 15 is 0 Å². The van der Waals surface area contributed by atoms with Gasteiger partial charge in [-0.25, -0.2) is 0 Å². The monoisotopic (exact) mass is 312 g/mol. The van der Waals surface area contributed by atoms with Gasteiger partial charge in [-0.15, -0.1) is 0 Å². The van der Waals surface area contributed by atoms with Gasteiger partial charge in [0.1, 0.15) is 0 Å². The summed E-state index contributed by atoms with van der Waals surface area (Å²) in [5.41, 5.74) is 0. The molecule has 0 spiro atoms. The molecule has 48 valence electrons. The summed E-state index contributed by atoms with van der Waals surface area (Å²) in [5.74, 6) is -0.693. The molecule has 0 aromatic rings. The molecule has 1 N–H and O–H groups in total. The molecule has 0 heterocycles. The molecule has 0 saturated heterocycles. The topological polar surface area (TPSA) is 37.3 Å². The zero-order valence-electron chi connectivity index (χ0n) is 5.18. The molecule has 0 amide bonds. The SMILES string of the molecule is CCCCC(=O)O.[PbH2]. The van der Waals surface area contributed by atoms with Gasteiger partial charge in [0.15, 0.2) is 0 Å². The summed E-state index contributed by atoms with van der Waals surface area (Å²) >= 11 is 0. The second-order valence-corrected chi connectivity index (χ2v) is 1.50. The molecule has 0 aliphatic rings. The Morgan fingerprint density at radius 3 is 2.25 bits per heavy atom. The van der Waals surface area contributed by atoms with E-state index in [1.165, 1.54) is 0 Å². The molecular weight excluding hydrogens is 299 g/mol. The zero-order chi connectivity index (χ0) is 5.70. The van der Waals surface area contributed by atoms with Gasteiger partial charge in [-0.1, -0.05) is 13.3 Å². The van der Waals surface area contributed by atoms with Gasteiger partial charge >= 0.3 is 33.3 Å². The number of hydrogen-bond donors (Lipinski definition) is 1. The van der Waals surface area contributed by atoms with E-state index in [0.29, 0.717) is 6.42 Å². The van der Waals surface area contributed by atoms with Crippen molar-refractivity contribution in [2.24, 2.45) is 0 Å². The van der Waals surface area contributed by atoms with E-state index in [-0.39, 0.29) is 27.3 Å². The van der Waals surface area contributed by atoms with Gasteiger partial charge in [-0.3, -0.25) is 4.79 Å². The molecular formula is C5H12O2Pb. The molecule has 0 aliphatic carbocycles. The van der Waals surface area contributed by atoms with Crippen molar-refractivity contribution >= 4 is 33.3 Å². The summed E-state index contributed by atoms with van der Waals surface area (Å²) in [6, 6.07) is 0. The van der Waals surface area contributed by atoms with Crippen molar-refractivity contribution in [3.8, 4) is 0 Å². The van der Waals surface area contributed by atoms with Gasteiger partial charge in [0.05, 0.1) is 0 Å². The summed E-state index contributed by atoms with van der Waals surface area (Å²) < 4.78 is 0. The molecule has 0 bridgehead atoms. The van der Waals surface area contributed by atoms with E-state index < -0.39 is 5.97 Å². The van der Waals surface area contributed by atoms with Crippen LogP contribution in [0.4, 0.5) is 0 Å². The molecule has 3 heteroatoms. The van der Waals surface area contributed by atoms with Crippen LogP contribution in [0.15, 0.2) is 0 Å². The maximum absolute atomic E-state index is 9.76. The van der Waals surface area contributed by atoms with E-state index in [1.54, 1.807) is 0 Å². The minimum atomic E-state index is -0.693. The van der Waals surface area contributed by atoms with Gasteiger partial charge in [0.25, 0.3) is 0 Å². The predicted octanol–water partition coefficient (Wildman–Crippen LogP) is 0.345. The molecule has 2 nitrogen and oxygen atoms in total. The van der Waals surface area contributed by atoms with Crippen molar-refractivity contribution in [3.63, 3.8) is 0 Å². The van der Waals surface area contributed by atoms with Gasteiger partial charge < -0.3 is 5.11 Å². The Labute approximate surface area is 69.4 Å². The third kappa shape index (κ3) is 9.63. The van der Waals surface area contributed by atoms with Crippen LogP contribution in [0.25, 0.3) is 0 Å². The summed E-state index contributed by atoms with van der Waals surface area (Å²) in [6.45, 7) is 1.98. The fourth-order valence-corrected chi connectivity index (χ4v) is 0.328. The van der Waals surface area contributed by atoms with Crippen molar-refractivity contribution < 1.29 is 9.90 Å². The summed E-state index contributed by atoms with van der Waals surface area (Å²) in [5, 5.41) is 8.04. The Morgan fingerprint density at radius 1 is 1.62 bits per heavy atom. The van der Waals surface area contributed by atoms with Crippen molar-refractivity contribution in [1.82, 2.24) is 0 Å². The van der Waals surface area contributed by atoms with Crippen LogP contribution in [0.2, 0.25) is 0 Å². The van der Waals surface area contributed by atoms with E-state index in [2.05, 4.69) is 0 Å². The van der Waals surface area contributed by atoms with Crippen LogP contribution in [0.1, 0.15) is 26.2 Å². The van der Waals surface area contributed by atoms with Crippen LogP contribution in [0.5, 0.6) is 0 Å². The zero-order valence-corrected chi connectivity index (χ0v) is 10.7. The number of carbonyl (C=O) groups is 1. The summed E-state index contributed by atoms with van der Waals surface area (Å²) in [6.07, 6.45) is 2.08. The number of aliphatic carboxylic acids is 1. The average molecular weight is 311 g/mol. The third-order valence-electron chi connectivity index (χ3n) is 0.744. The van der Waals surface area contributed by atoms with E-state index in [1.807, 2.05) is 6.92 Å². The number of carboxylic acids is 1. The van der Waals surface area contributed by atoms with Gasteiger partial charge in [0, 0.05) is 6.42 Å². The van der Waals surface area contributed by atoms with Crippen LogP contribution in [0.3, 0.4) is 0 Å². The number of unbranched alkanes of at least 4 members (excludes halogenated alkanes) is 1. The third-order valence-corrected chi connectivity index (χ3v) is 0.744. The fraction of sp³-hybridized carbons (Fsp3) is 0.800. The second kappa shape index (κ2) is 7.39. The van der Waals surface area contributed by atoms with Gasteiger partial charge in [0.2, 0.25) is 0 Å². The molecule has 8 heavy (non-hydrogen) atoms. The molecule has 0 aromatic heterocycles. The molecule has 0 atom stereocenters. The van der Waals surface area contributed by atoms with E-state index in [0.717, 1.165) is 12.8 Å². The molecule has 0 aliphatic heterocycles. The predicted molar refractivity (Wildman–Crippen MR) is 35.7 cm³/mol. The van der Waals surface area contributed by atoms with Crippen LogP contribution in [-0.4, -0.2) is 38.4 Å². The van der Waals surface area contributed by atoms with Gasteiger partial charge in [-0.2, -0.15) is 0 Å². The van der Waals surface area contributed by atoms with E-state index in [9.17, 15) is 4.79 Å². The number of rotatable bonds is 3. The van der Waals surface area contributed by atoms with Crippen molar-refractivity contribution in [3.05, 3.63) is 0 Å². The Morgan fingerprint density at radius 2 is 2.12 bits per heavy atom. The molecule has 2 radical (unpaired) electrons. The summed E-state index contributed by atoms with van der Waals surface area (Å²) in [4.78, 5) is 9.76. The first-order chi connectivity index (χ1) is 3.27. The Bertz CT molecular complexity index is 63.4. The Balaban J connectivity index is 0. The first kappa shape index (κ1) is 11.2. The van der Waals surface area contributed by atoms with Gasteiger partial charge in [-0.05, 0) is 6.42 Å². The van der Waals surface area contributed by atoms with Crippen molar-refractivity contribution in [1.29, 1.82) is 0 Å². The van der Waals surface area contributed by atoms with Crippen LogP contribution in [-0.2, 0) is 4.79 Å². The average Bonchev–Trinajstić information content (AvgIpc) is 1.61. The molecule has 0 unspecified atom stereocenters. The number of carboxylic acid groups (broad SMARTS) is 1. The first-order valence-corrected chi connectivity index (χ1v) is 2.49.